The summed E-state index contributed by atoms with van der Waals surface area (Å²) in [5.41, 5.74) is 5.45. The number of benzene rings is 1. The lowest BCUT2D eigenvalue weighted by atomic mass is 10.2. The molecule has 0 aromatic heterocycles. The molecule has 0 aliphatic heterocycles. The summed E-state index contributed by atoms with van der Waals surface area (Å²) in [6, 6.07) is 3.82. The van der Waals surface area contributed by atoms with Crippen molar-refractivity contribution in [2.45, 2.75) is 0 Å². The minimum absolute atomic E-state index is 0.223. The molecule has 0 heterocycles. The van der Waals surface area contributed by atoms with Gasteiger partial charge in [0.25, 0.3) is 5.91 Å². The van der Waals surface area contributed by atoms with Crippen molar-refractivity contribution in [3.05, 3.63) is 29.6 Å². The monoisotopic (exact) mass is 212 g/mol. The van der Waals surface area contributed by atoms with E-state index in [1.165, 1.54) is 19.2 Å². The van der Waals surface area contributed by atoms with Crippen molar-refractivity contribution in [2.75, 3.05) is 20.2 Å². The molecule has 15 heavy (non-hydrogen) atoms. The maximum Gasteiger partial charge on any atom is 0.251 e. The van der Waals surface area contributed by atoms with Crippen LogP contribution < -0.4 is 15.8 Å². The average Bonchev–Trinajstić information content (AvgIpc) is 2.24. The second-order valence-electron chi connectivity index (χ2n) is 2.92. The van der Waals surface area contributed by atoms with Crippen molar-refractivity contribution in [1.29, 1.82) is 0 Å². The third-order valence-corrected chi connectivity index (χ3v) is 1.80. The number of hydrogen-bond donors (Lipinski definition) is 2. The number of amides is 1. The summed E-state index contributed by atoms with van der Waals surface area (Å²) in [4.78, 5) is 11.4. The van der Waals surface area contributed by atoms with Gasteiger partial charge in [0.2, 0.25) is 0 Å². The smallest absolute Gasteiger partial charge is 0.251 e. The molecule has 0 fully saturated rings. The highest BCUT2D eigenvalue weighted by Crippen LogP contribution is 2.15. The Morgan fingerprint density at radius 1 is 1.53 bits per heavy atom. The van der Waals surface area contributed by atoms with Gasteiger partial charge in [-0.3, -0.25) is 4.79 Å². The van der Waals surface area contributed by atoms with Crippen LogP contribution in [-0.2, 0) is 0 Å². The third kappa shape index (κ3) is 3.21. The Bertz CT molecular complexity index is 355. The van der Waals surface area contributed by atoms with E-state index in [0.717, 1.165) is 6.07 Å². The summed E-state index contributed by atoms with van der Waals surface area (Å²) >= 11 is 0. The summed E-state index contributed by atoms with van der Waals surface area (Å²) in [7, 11) is 1.41. The van der Waals surface area contributed by atoms with Crippen LogP contribution in [-0.4, -0.2) is 26.1 Å². The predicted molar refractivity (Wildman–Crippen MR) is 54.3 cm³/mol. The average molecular weight is 212 g/mol. The summed E-state index contributed by atoms with van der Waals surface area (Å²) < 4.78 is 17.9. The van der Waals surface area contributed by atoms with Crippen molar-refractivity contribution in [2.24, 2.45) is 5.73 Å². The molecule has 0 radical (unpaired) electrons. The predicted octanol–water partition coefficient (Wildman–Crippen LogP) is 0.523. The fourth-order valence-corrected chi connectivity index (χ4v) is 1.10. The molecular weight excluding hydrogens is 199 g/mol. The maximum absolute atomic E-state index is 13.0. The number of carbonyl (C=O) groups is 1. The van der Waals surface area contributed by atoms with Crippen LogP contribution >= 0.6 is 0 Å². The quantitative estimate of drug-likeness (QED) is 0.764. The van der Waals surface area contributed by atoms with Gasteiger partial charge in [-0.2, -0.15) is 0 Å². The number of halogens is 1. The van der Waals surface area contributed by atoms with Gasteiger partial charge >= 0.3 is 0 Å². The van der Waals surface area contributed by atoms with E-state index in [1.54, 1.807) is 0 Å². The highest BCUT2D eigenvalue weighted by molar-refractivity contribution is 5.94. The number of nitrogens with one attached hydrogen (secondary N) is 1. The molecule has 0 saturated heterocycles. The van der Waals surface area contributed by atoms with Gasteiger partial charge in [0, 0.05) is 24.7 Å². The minimum atomic E-state index is -0.507. The van der Waals surface area contributed by atoms with Gasteiger partial charge in [-0.15, -0.1) is 0 Å². The molecule has 1 aromatic rings. The Balaban J connectivity index is 2.83. The van der Waals surface area contributed by atoms with E-state index < -0.39 is 5.82 Å². The first-order valence-corrected chi connectivity index (χ1v) is 4.50. The molecule has 1 amide bonds. The van der Waals surface area contributed by atoms with E-state index >= 15 is 0 Å². The van der Waals surface area contributed by atoms with E-state index in [4.69, 9.17) is 10.5 Å². The standard InChI is InChI=1S/C10H13FN2O2/c1-15-9-5-7(4-8(11)6-9)10(14)13-3-2-12/h4-6H,2-3,12H2,1H3,(H,13,14). The number of ether oxygens (including phenoxy) is 1. The van der Waals surface area contributed by atoms with E-state index in [-0.39, 0.29) is 11.5 Å². The number of hydrogen-bond acceptors (Lipinski definition) is 3. The number of rotatable bonds is 4. The molecule has 0 unspecified atom stereocenters. The first-order chi connectivity index (χ1) is 7.17. The molecule has 0 aliphatic rings. The van der Waals surface area contributed by atoms with Gasteiger partial charge < -0.3 is 15.8 Å². The van der Waals surface area contributed by atoms with Crippen LogP contribution in [0.25, 0.3) is 0 Å². The SMILES string of the molecule is COc1cc(F)cc(C(=O)NCCN)c1. The number of nitrogens with two attached hydrogens (primary N) is 1. The second-order valence-corrected chi connectivity index (χ2v) is 2.92. The first kappa shape index (κ1) is 11.5. The molecule has 0 aliphatic carbocycles. The summed E-state index contributed by atoms with van der Waals surface area (Å²) in [6.45, 7) is 0.704. The maximum atomic E-state index is 13.0. The van der Waals surface area contributed by atoms with Gasteiger partial charge in [-0.1, -0.05) is 0 Å². The second kappa shape index (κ2) is 5.31. The zero-order valence-electron chi connectivity index (χ0n) is 8.42. The zero-order chi connectivity index (χ0) is 11.3. The molecule has 82 valence electrons. The molecule has 0 spiro atoms. The van der Waals surface area contributed by atoms with Gasteiger partial charge in [-0.25, -0.2) is 4.39 Å². The van der Waals surface area contributed by atoms with Gasteiger partial charge in [0.05, 0.1) is 7.11 Å². The molecule has 1 aromatic carbocycles. The van der Waals surface area contributed by atoms with Crippen molar-refractivity contribution >= 4 is 5.91 Å². The Hall–Kier alpha value is -1.62. The Labute approximate surface area is 87.2 Å². The lowest BCUT2D eigenvalue weighted by molar-refractivity contribution is 0.0954. The van der Waals surface area contributed by atoms with Crippen LogP contribution in [0.2, 0.25) is 0 Å². The van der Waals surface area contributed by atoms with Crippen LogP contribution in [0.15, 0.2) is 18.2 Å². The molecular formula is C10H13FN2O2. The molecule has 0 saturated carbocycles. The highest BCUT2D eigenvalue weighted by Gasteiger charge is 2.08. The van der Waals surface area contributed by atoms with E-state index in [9.17, 15) is 9.18 Å². The normalized spacial score (nSPS) is 9.80. The summed E-state index contributed by atoms with van der Waals surface area (Å²) in [5.74, 6) is -0.557. The fourth-order valence-electron chi connectivity index (χ4n) is 1.10. The van der Waals surface area contributed by atoms with E-state index in [1.807, 2.05) is 0 Å². The zero-order valence-corrected chi connectivity index (χ0v) is 8.42. The van der Waals surface area contributed by atoms with Crippen molar-refractivity contribution < 1.29 is 13.9 Å². The highest BCUT2D eigenvalue weighted by atomic mass is 19.1. The van der Waals surface area contributed by atoms with Crippen LogP contribution in [0.1, 0.15) is 10.4 Å². The minimum Gasteiger partial charge on any atom is -0.497 e. The molecule has 0 atom stereocenters. The lowest BCUT2D eigenvalue weighted by Crippen LogP contribution is -2.29. The lowest BCUT2D eigenvalue weighted by Gasteiger charge is -2.05. The topological polar surface area (TPSA) is 64.3 Å². The Morgan fingerprint density at radius 2 is 2.27 bits per heavy atom. The first-order valence-electron chi connectivity index (χ1n) is 4.50. The number of methoxy groups -OCH3 is 1. The van der Waals surface area contributed by atoms with Crippen LogP contribution in [0, 0.1) is 5.82 Å². The van der Waals surface area contributed by atoms with Crippen molar-refractivity contribution in [3.8, 4) is 5.75 Å². The largest absolute Gasteiger partial charge is 0.497 e. The molecule has 0 bridgehead atoms. The molecule has 3 N–H and O–H groups in total. The van der Waals surface area contributed by atoms with Crippen molar-refractivity contribution in [1.82, 2.24) is 5.32 Å². The molecule has 4 nitrogen and oxygen atoms in total. The molecule has 1 rings (SSSR count). The van der Waals surface area contributed by atoms with E-state index in [0.29, 0.717) is 18.8 Å². The van der Waals surface area contributed by atoms with E-state index in [2.05, 4.69) is 5.32 Å². The Morgan fingerprint density at radius 3 is 2.87 bits per heavy atom. The summed E-state index contributed by atoms with van der Waals surface area (Å²) in [6.07, 6.45) is 0. The Kier molecular flexibility index (Phi) is 4.05. The fraction of sp³-hybridized carbons (Fsp3) is 0.300. The van der Waals surface area contributed by atoms with Gasteiger partial charge in [0.1, 0.15) is 11.6 Å². The van der Waals surface area contributed by atoms with Crippen LogP contribution in [0.4, 0.5) is 4.39 Å². The van der Waals surface area contributed by atoms with Gasteiger partial charge in [-0.05, 0) is 12.1 Å². The van der Waals surface area contributed by atoms with Gasteiger partial charge in [0.15, 0.2) is 0 Å². The van der Waals surface area contributed by atoms with Crippen LogP contribution in [0.3, 0.4) is 0 Å². The number of carbonyl (C=O) groups excluding carboxylic acids is 1. The van der Waals surface area contributed by atoms with Crippen LogP contribution in [0.5, 0.6) is 5.75 Å². The molecule has 5 heteroatoms. The third-order valence-electron chi connectivity index (χ3n) is 1.80. The van der Waals surface area contributed by atoms with Crippen molar-refractivity contribution in [3.63, 3.8) is 0 Å². The summed E-state index contributed by atoms with van der Waals surface area (Å²) in [5, 5.41) is 2.54.